The lowest BCUT2D eigenvalue weighted by Gasteiger charge is -2.14. The van der Waals surface area contributed by atoms with Crippen LogP contribution in [0.15, 0.2) is 66.9 Å². The molecule has 0 fully saturated rings. The number of aromatic hydroxyl groups is 1. The Morgan fingerprint density at radius 2 is 1.79 bits per heavy atom. The number of aliphatic hydroxyl groups excluding tert-OH is 1. The number of phenols is 1. The number of halogens is 1. The van der Waals surface area contributed by atoms with Crippen molar-refractivity contribution in [1.82, 2.24) is 10.3 Å². The number of aliphatic hydroxyl groups is 1. The average Bonchev–Trinajstić information content (AvgIpc) is 2.79. The number of rotatable bonds is 10. The Balaban J connectivity index is 0.00000408. The molecule has 0 aliphatic rings. The molecule has 34 heavy (non-hydrogen) atoms. The zero-order chi connectivity index (χ0) is 23.6. The highest BCUT2D eigenvalue weighted by Gasteiger charge is 2.11. The molecule has 8 nitrogen and oxygen atoms in total. The molecule has 3 rings (SSSR count). The molecule has 5 N–H and O–H groups in total. The first kappa shape index (κ1) is 26.8. The number of hydrogen-bond acceptors (Lipinski definition) is 6. The van der Waals surface area contributed by atoms with Crippen LogP contribution in [0, 0.1) is 0 Å². The number of hydrogen-bond donors (Lipinski definition) is 5. The Labute approximate surface area is 204 Å². The Bertz CT molecular complexity index is 1080. The van der Waals surface area contributed by atoms with Crippen molar-refractivity contribution in [2.45, 2.75) is 25.9 Å². The highest BCUT2D eigenvalue weighted by atomic mass is 35.5. The topological polar surface area (TPSA) is 124 Å². The molecular weight excluding hydrogens is 456 g/mol. The van der Waals surface area contributed by atoms with E-state index in [9.17, 15) is 19.8 Å². The maximum atomic E-state index is 12.1. The van der Waals surface area contributed by atoms with E-state index >= 15 is 0 Å². The van der Waals surface area contributed by atoms with Crippen molar-refractivity contribution >= 4 is 35.6 Å². The lowest BCUT2D eigenvalue weighted by atomic mass is 10.1. The molecule has 0 aliphatic heterocycles. The van der Waals surface area contributed by atoms with E-state index in [1.807, 2.05) is 42.5 Å². The summed E-state index contributed by atoms with van der Waals surface area (Å²) in [6, 6.07) is 17.7. The monoisotopic (exact) mass is 484 g/mol. The van der Waals surface area contributed by atoms with Crippen LogP contribution in [0.25, 0.3) is 0 Å². The van der Waals surface area contributed by atoms with E-state index in [4.69, 9.17) is 0 Å². The maximum absolute atomic E-state index is 12.1. The molecule has 9 heteroatoms. The molecular formula is C25H29ClN4O4. The summed E-state index contributed by atoms with van der Waals surface area (Å²) in [4.78, 5) is 27.5. The van der Waals surface area contributed by atoms with Crippen molar-refractivity contribution in [3.05, 3.63) is 83.7 Å². The van der Waals surface area contributed by atoms with E-state index < -0.39 is 6.10 Å². The predicted molar refractivity (Wildman–Crippen MR) is 134 cm³/mol. The van der Waals surface area contributed by atoms with Crippen molar-refractivity contribution < 1.29 is 19.8 Å². The van der Waals surface area contributed by atoms with Crippen LogP contribution < -0.4 is 16.0 Å². The van der Waals surface area contributed by atoms with Crippen molar-refractivity contribution in [2.24, 2.45) is 0 Å². The minimum absolute atomic E-state index is 0. The van der Waals surface area contributed by atoms with Gasteiger partial charge in [-0.25, -0.2) is 0 Å². The highest BCUT2D eigenvalue weighted by Crippen LogP contribution is 2.27. The first-order chi connectivity index (χ1) is 15.9. The van der Waals surface area contributed by atoms with Gasteiger partial charge in [-0.3, -0.25) is 14.6 Å². The van der Waals surface area contributed by atoms with Crippen LogP contribution in [0.2, 0.25) is 0 Å². The lowest BCUT2D eigenvalue weighted by Crippen LogP contribution is -2.24. The van der Waals surface area contributed by atoms with Gasteiger partial charge in [0.2, 0.25) is 11.8 Å². The number of amides is 2. The molecule has 1 atom stereocenters. The van der Waals surface area contributed by atoms with Crippen LogP contribution in [0.4, 0.5) is 11.4 Å². The summed E-state index contributed by atoms with van der Waals surface area (Å²) in [6.07, 6.45) is 1.86. The van der Waals surface area contributed by atoms with Crippen molar-refractivity contribution in [3.8, 4) is 5.75 Å². The SMILES string of the molecule is CC(=O)Nc1cc(C(O)CNCCc2ccc(NC(=O)Cc3ccccn3)cc2)ccc1O.Cl. The highest BCUT2D eigenvalue weighted by molar-refractivity contribution is 5.92. The molecule has 2 aromatic carbocycles. The van der Waals surface area contributed by atoms with Gasteiger partial charge in [0, 0.05) is 31.0 Å². The molecule has 1 unspecified atom stereocenters. The Hall–Kier alpha value is -3.46. The Morgan fingerprint density at radius 3 is 2.47 bits per heavy atom. The van der Waals surface area contributed by atoms with Gasteiger partial charge >= 0.3 is 0 Å². The Kier molecular flexibility index (Phi) is 10.5. The minimum Gasteiger partial charge on any atom is -0.506 e. The average molecular weight is 485 g/mol. The molecule has 0 bridgehead atoms. The lowest BCUT2D eigenvalue weighted by molar-refractivity contribution is -0.116. The summed E-state index contributed by atoms with van der Waals surface area (Å²) >= 11 is 0. The fraction of sp³-hybridized carbons (Fsp3) is 0.240. The maximum Gasteiger partial charge on any atom is 0.230 e. The van der Waals surface area contributed by atoms with Gasteiger partial charge in [0.15, 0.2) is 0 Å². The second-order valence-electron chi connectivity index (χ2n) is 7.67. The summed E-state index contributed by atoms with van der Waals surface area (Å²) < 4.78 is 0. The number of anilines is 2. The van der Waals surface area contributed by atoms with E-state index in [2.05, 4.69) is 20.9 Å². The minimum atomic E-state index is -0.783. The van der Waals surface area contributed by atoms with Gasteiger partial charge in [0.25, 0.3) is 0 Å². The fourth-order valence-corrected chi connectivity index (χ4v) is 3.27. The largest absolute Gasteiger partial charge is 0.506 e. The van der Waals surface area contributed by atoms with E-state index in [1.54, 1.807) is 18.3 Å². The van der Waals surface area contributed by atoms with Gasteiger partial charge in [-0.2, -0.15) is 0 Å². The molecule has 0 saturated carbocycles. The molecule has 0 radical (unpaired) electrons. The number of aromatic nitrogens is 1. The number of pyridine rings is 1. The summed E-state index contributed by atoms with van der Waals surface area (Å²) in [5, 5.41) is 28.8. The smallest absolute Gasteiger partial charge is 0.230 e. The van der Waals surface area contributed by atoms with Crippen molar-refractivity contribution in [3.63, 3.8) is 0 Å². The Morgan fingerprint density at radius 1 is 1.03 bits per heavy atom. The molecule has 3 aromatic rings. The van der Waals surface area contributed by atoms with Gasteiger partial charge in [0.1, 0.15) is 5.75 Å². The van der Waals surface area contributed by atoms with Crippen LogP contribution in [-0.4, -0.2) is 40.1 Å². The summed E-state index contributed by atoms with van der Waals surface area (Å²) in [5.74, 6) is -0.465. The number of phenolic OH excluding ortho intramolecular Hbond substituents is 1. The summed E-state index contributed by atoms with van der Waals surface area (Å²) in [5.41, 5.74) is 3.40. The predicted octanol–water partition coefficient (Wildman–Crippen LogP) is 3.21. The van der Waals surface area contributed by atoms with E-state index in [-0.39, 0.29) is 42.1 Å². The zero-order valence-electron chi connectivity index (χ0n) is 18.8. The molecule has 2 amide bonds. The van der Waals surface area contributed by atoms with Gasteiger partial charge in [-0.15, -0.1) is 12.4 Å². The fourth-order valence-electron chi connectivity index (χ4n) is 3.27. The number of nitrogens with one attached hydrogen (secondary N) is 3. The van der Waals surface area contributed by atoms with E-state index in [0.717, 1.165) is 23.4 Å². The first-order valence-corrected chi connectivity index (χ1v) is 10.7. The quantitative estimate of drug-likeness (QED) is 0.222. The standard InChI is InChI=1S/C25H28N4O4.ClH/c1-17(30)28-22-14-19(7-10-23(22)31)24(32)16-26-13-11-18-5-8-20(9-6-18)29-25(33)15-21-4-2-3-12-27-21;/h2-10,12,14,24,26,31-32H,11,13,15-16H2,1H3,(H,28,30)(H,29,33);1H. The van der Waals surface area contributed by atoms with Crippen molar-refractivity contribution in [2.75, 3.05) is 23.7 Å². The summed E-state index contributed by atoms with van der Waals surface area (Å²) in [7, 11) is 0. The van der Waals surface area contributed by atoms with E-state index in [0.29, 0.717) is 18.7 Å². The van der Waals surface area contributed by atoms with Crippen LogP contribution in [0.3, 0.4) is 0 Å². The second kappa shape index (κ2) is 13.3. The zero-order valence-corrected chi connectivity index (χ0v) is 19.6. The van der Waals surface area contributed by atoms with Crippen molar-refractivity contribution in [1.29, 1.82) is 0 Å². The van der Waals surface area contributed by atoms with Crippen LogP contribution >= 0.6 is 12.4 Å². The van der Waals surface area contributed by atoms with Gasteiger partial charge in [-0.05, 0) is 60.5 Å². The molecule has 0 saturated heterocycles. The third-order valence-electron chi connectivity index (χ3n) is 4.95. The molecule has 1 aromatic heterocycles. The number of nitrogens with zero attached hydrogens (tertiary/aromatic N) is 1. The molecule has 1 heterocycles. The third-order valence-corrected chi connectivity index (χ3v) is 4.95. The normalized spacial score (nSPS) is 11.2. The van der Waals surface area contributed by atoms with Crippen LogP contribution in [0.1, 0.15) is 29.8 Å². The number of carbonyl (C=O) groups is 2. The van der Waals surface area contributed by atoms with Gasteiger partial charge in [0.05, 0.1) is 18.2 Å². The molecule has 180 valence electrons. The number of benzene rings is 2. The first-order valence-electron chi connectivity index (χ1n) is 10.7. The van der Waals surface area contributed by atoms with Gasteiger partial charge in [-0.1, -0.05) is 24.3 Å². The van der Waals surface area contributed by atoms with Gasteiger partial charge < -0.3 is 26.2 Å². The number of carbonyl (C=O) groups excluding carboxylic acids is 2. The van der Waals surface area contributed by atoms with Crippen LogP contribution in [0.5, 0.6) is 5.75 Å². The second-order valence-corrected chi connectivity index (χ2v) is 7.67. The van der Waals surface area contributed by atoms with E-state index in [1.165, 1.54) is 13.0 Å². The molecule has 0 aliphatic carbocycles. The van der Waals surface area contributed by atoms with Crippen LogP contribution in [-0.2, 0) is 22.4 Å². The molecule has 0 spiro atoms. The summed E-state index contributed by atoms with van der Waals surface area (Å²) in [6.45, 7) is 2.33. The third kappa shape index (κ3) is 8.47.